The lowest BCUT2D eigenvalue weighted by Gasteiger charge is -2.10. The van der Waals surface area contributed by atoms with Gasteiger partial charge in [-0.15, -0.1) is 0 Å². The molecular formula is C12H18N4O4S. The Morgan fingerprint density at radius 3 is 2.76 bits per heavy atom. The predicted molar refractivity (Wildman–Crippen MR) is 80.9 cm³/mol. The smallest absolute Gasteiger partial charge is 0.300 e. The second kappa shape index (κ2) is 7.67. The Kier molecular flexibility index (Phi) is 6.22. The number of anilines is 1. The van der Waals surface area contributed by atoms with E-state index in [1.54, 1.807) is 13.3 Å². The summed E-state index contributed by atoms with van der Waals surface area (Å²) in [5, 5.41) is 16.2. The lowest BCUT2D eigenvalue weighted by Crippen LogP contribution is -2.28. The van der Waals surface area contributed by atoms with Gasteiger partial charge in [0.15, 0.2) is 0 Å². The number of aromatic nitrogens is 1. The number of hydrogen-bond acceptors (Lipinski definition) is 6. The van der Waals surface area contributed by atoms with Gasteiger partial charge in [0.2, 0.25) is 0 Å². The van der Waals surface area contributed by atoms with Crippen LogP contribution in [0, 0.1) is 10.1 Å². The Bertz CT molecular complexity index is 564. The molecule has 1 heterocycles. The van der Waals surface area contributed by atoms with Crippen molar-refractivity contribution in [1.82, 2.24) is 10.3 Å². The van der Waals surface area contributed by atoms with Crippen LogP contribution in [-0.4, -0.2) is 45.1 Å². The van der Waals surface area contributed by atoms with Crippen molar-refractivity contribution in [2.45, 2.75) is 18.6 Å². The summed E-state index contributed by atoms with van der Waals surface area (Å²) in [4.78, 5) is 26.1. The van der Waals surface area contributed by atoms with Gasteiger partial charge in [-0.2, -0.15) is 0 Å². The van der Waals surface area contributed by atoms with Gasteiger partial charge in [0.1, 0.15) is 17.6 Å². The highest BCUT2D eigenvalue weighted by molar-refractivity contribution is 7.84. The lowest BCUT2D eigenvalue weighted by atomic mass is 10.2. The Balaban J connectivity index is 2.81. The number of carbonyl (C=O) groups excluding carboxylic acids is 1. The quantitative estimate of drug-likeness (QED) is 0.571. The van der Waals surface area contributed by atoms with Crippen LogP contribution < -0.4 is 10.6 Å². The van der Waals surface area contributed by atoms with E-state index in [-0.39, 0.29) is 16.5 Å². The first kappa shape index (κ1) is 17.0. The van der Waals surface area contributed by atoms with Crippen LogP contribution in [0.3, 0.4) is 0 Å². The van der Waals surface area contributed by atoms with Crippen LogP contribution >= 0.6 is 0 Å². The van der Waals surface area contributed by atoms with Gasteiger partial charge >= 0.3 is 0 Å². The van der Waals surface area contributed by atoms with Crippen molar-refractivity contribution in [3.63, 3.8) is 0 Å². The highest BCUT2D eigenvalue weighted by Gasteiger charge is 2.21. The maximum absolute atomic E-state index is 12.0. The van der Waals surface area contributed by atoms with Gasteiger partial charge in [-0.1, -0.05) is 6.92 Å². The number of carbonyl (C=O) groups is 1. The maximum Gasteiger partial charge on any atom is 0.300 e. The fourth-order valence-corrected chi connectivity index (χ4v) is 2.01. The molecule has 0 spiro atoms. The standard InChI is InChI=1S/C12H18N4O4S/c1-8(21(3)20)4-5-14-12(17)9-6-11(13-2)15-7-10(9)16(18)19/h6-8H,4-5H2,1-3H3,(H,13,15)(H,14,17). The monoisotopic (exact) mass is 314 g/mol. The Labute approximate surface area is 124 Å². The molecule has 1 aromatic rings. The van der Waals surface area contributed by atoms with Crippen molar-refractivity contribution in [2.24, 2.45) is 0 Å². The minimum absolute atomic E-state index is 0.0504. The number of nitro groups is 1. The molecule has 21 heavy (non-hydrogen) atoms. The summed E-state index contributed by atoms with van der Waals surface area (Å²) < 4.78 is 11.2. The Morgan fingerprint density at radius 2 is 2.24 bits per heavy atom. The van der Waals surface area contributed by atoms with Crippen LogP contribution in [0.5, 0.6) is 0 Å². The van der Waals surface area contributed by atoms with E-state index in [1.807, 2.05) is 6.92 Å². The number of hydrogen-bond donors (Lipinski definition) is 2. The summed E-state index contributed by atoms with van der Waals surface area (Å²) in [6, 6.07) is 1.33. The summed E-state index contributed by atoms with van der Waals surface area (Å²) in [6.07, 6.45) is 3.18. The molecule has 0 saturated heterocycles. The average molecular weight is 314 g/mol. The van der Waals surface area contributed by atoms with Crippen molar-refractivity contribution in [1.29, 1.82) is 0 Å². The summed E-state index contributed by atoms with van der Waals surface area (Å²) in [5.41, 5.74) is -0.400. The van der Waals surface area contributed by atoms with Gasteiger partial charge in [-0.25, -0.2) is 4.98 Å². The molecule has 9 heteroatoms. The van der Waals surface area contributed by atoms with Gasteiger partial charge in [0, 0.05) is 42.0 Å². The second-order valence-electron chi connectivity index (χ2n) is 4.45. The van der Waals surface area contributed by atoms with Gasteiger partial charge in [0.25, 0.3) is 11.6 Å². The van der Waals surface area contributed by atoms with E-state index < -0.39 is 21.6 Å². The molecule has 0 fully saturated rings. The molecule has 0 bridgehead atoms. The van der Waals surface area contributed by atoms with E-state index in [4.69, 9.17) is 0 Å². The highest BCUT2D eigenvalue weighted by Crippen LogP contribution is 2.19. The minimum Gasteiger partial charge on any atom is -0.373 e. The molecule has 8 nitrogen and oxygen atoms in total. The molecule has 116 valence electrons. The molecule has 0 saturated carbocycles. The van der Waals surface area contributed by atoms with Crippen LogP contribution in [-0.2, 0) is 10.8 Å². The number of pyridine rings is 1. The fourth-order valence-electron chi connectivity index (χ4n) is 1.56. The van der Waals surface area contributed by atoms with Gasteiger partial charge in [-0.05, 0) is 6.42 Å². The normalized spacial score (nSPS) is 13.3. The summed E-state index contributed by atoms with van der Waals surface area (Å²) in [5.74, 6) is -0.177. The second-order valence-corrected chi connectivity index (χ2v) is 6.25. The summed E-state index contributed by atoms with van der Waals surface area (Å²) in [6.45, 7) is 2.12. The molecule has 2 atom stereocenters. The maximum atomic E-state index is 12.0. The topological polar surface area (TPSA) is 114 Å². The van der Waals surface area contributed by atoms with Crippen LogP contribution in [0.4, 0.5) is 11.5 Å². The molecule has 1 amide bonds. The molecule has 0 aromatic carbocycles. The summed E-state index contributed by atoms with van der Waals surface area (Å²) in [7, 11) is 0.639. The number of nitrogens with one attached hydrogen (secondary N) is 2. The largest absolute Gasteiger partial charge is 0.373 e. The molecule has 0 aliphatic rings. The Morgan fingerprint density at radius 1 is 1.57 bits per heavy atom. The van der Waals surface area contributed by atoms with Crippen molar-refractivity contribution in [3.05, 3.63) is 27.9 Å². The van der Waals surface area contributed by atoms with Crippen molar-refractivity contribution < 1.29 is 13.9 Å². The molecule has 1 rings (SSSR count). The average Bonchev–Trinajstić information content (AvgIpc) is 2.45. The van der Waals surface area contributed by atoms with Crippen molar-refractivity contribution in [2.75, 3.05) is 25.2 Å². The van der Waals surface area contributed by atoms with Crippen LogP contribution in [0.25, 0.3) is 0 Å². The molecule has 2 unspecified atom stereocenters. The Hall–Kier alpha value is -2.03. The molecular weight excluding hydrogens is 296 g/mol. The van der Waals surface area contributed by atoms with E-state index in [0.29, 0.717) is 18.8 Å². The zero-order chi connectivity index (χ0) is 16.0. The minimum atomic E-state index is -0.966. The van der Waals surface area contributed by atoms with E-state index in [2.05, 4.69) is 15.6 Å². The van der Waals surface area contributed by atoms with Crippen LogP contribution in [0.15, 0.2) is 12.3 Å². The van der Waals surface area contributed by atoms with Crippen molar-refractivity contribution >= 4 is 28.2 Å². The predicted octanol–water partition coefficient (Wildman–Crippen LogP) is 0.918. The molecule has 1 aromatic heterocycles. The third kappa shape index (κ3) is 4.78. The zero-order valence-corrected chi connectivity index (χ0v) is 12.9. The fraction of sp³-hybridized carbons (Fsp3) is 0.500. The zero-order valence-electron chi connectivity index (χ0n) is 12.1. The van der Waals surface area contributed by atoms with Crippen LogP contribution in [0.1, 0.15) is 23.7 Å². The van der Waals surface area contributed by atoms with E-state index >= 15 is 0 Å². The van der Waals surface area contributed by atoms with E-state index in [9.17, 15) is 19.1 Å². The van der Waals surface area contributed by atoms with Gasteiger partial charge in [0.05, 0.1) is 4.92 Å². The van der Waals surface area contributed by atoms with Crippen molar-refractivity contribution in [3.8, 4) is 0 Å². The van der Waals surface area contributed by atoms with Gasteiger partial charge in [-0.3, -0.25) is 19.1 Å². The van der Waals surface area contributed by atoms with Gasteiger partial charge < -0.3 is 10.6 Å². The SMILES string of the molecule is CNc1cc(C(=O)NCCC(C)S(C)=O)c([N+](=O)[O-])cn1. The lowest BCUT2D eigenvalue weighted by molar-refractivity contribution is -0.385. The third-order valence-electron chi connectivity index (χ3n) is 2.98. The van der Waals surface area contributed by atoms with Crippen LogP contribution in [0.2, 0.25) is 0 Å². The summed E-state index contributed by atoms with van der Waals surface area (Å²) >= 11 is 0. The number of rotatable bonds is 7. The first-order valence-electron chi connectivity index (χ1n) is 6.29. The first-order chi connectivity index (χ1) is 9.86. The first-order valence-corrected chi connectivity index (χ1v) is 7.91. The van der Waals surface area contributed by atoms with E-state index in [0.717, 1.165) is 6.20 Å². The van der Waals surface area contributed by atoms with E-state index in [1.165, 1.54) is 6.07 Å². The highest BCUT2D eigenvalue weighted by atomic mass is 32.2. The third-order valence-corrected chi connectivity index (χ3v) is 4.35. The molecule has 0 aliphatic heterocycles. The molecule has 0 radical (unpaired) electrons. The number of amides is 1. The molecule has 2 N–H and O–H groups in total. The molecule has 0 aliphatic carbocycles. The number of nitrogens with zero attached hydrogens (tertiary/aromatic N) is 2.